The van der Waals surface area contributed by atoms with Crippen molar-refractivity contribution >= 4 is 5.69 Å². The molecular formula is C25H23F9N2. The van der Waals surface area contributed by atoms with Gasteiger partial charge in [0.15, 0.2) is 0 Å². The molecule has 4 rings (SSSR count). The van der Waals surface area contributed by atoms with Gasteiger partial charge in [0.2, 0.25) is 0 Å². The number of halogens is 9. The van der Waals surface area contributed by atoms with E-state index in [-0.39, 0.29) is 30.8 Å². The number of rotatable bonds is 4. The maximum Gasteiger partial charge on any atom is 0.416 e. The van der Waals surface area contributed by atoms with Gasteiger partial charge in [-0.3, -0.25) is 0 Å². The first kappa shape index (κ1) is 26.2. The largest absolute Gasteiger partial charge is 0.416 e. The van der Waals surface area contributed by atoms with Gasteiger partial charge in [0.25, 0.3) is 0 Å². The molecule has 0 amide bonds. The predicted molar refractivity (Wildman–Crippen MR) is 116 cm³/mol. The highest BCUT2D eigenvalue weighted by Gasteiger charge is 2.60. The summed E-state index contributed by atoms with van der Waals surface area (Å²) < 4.78 is 123. The second-order valence-corrected chi connectivity index (χ2v) is 9.45. The van der Waals surface area contributed by atoms with Gasteiger partial charge in [-0.1, -0.05) is 12.6 Å². The quantitative estimate of drug-likeness (QED) is 0.418. The van der Waals surface area contributed by atoms with Crippen molar-refractivity contribution in [3.63, 3.8) is 0 Å². The normalized spacial score (nSPS) is 22.6. The van der Waals surface area contributed by atoms with Crippen LogP contribution in [0.3, 0.4) is 0 Å². The van der Waals surface area contributed by atoms with E-state index in [1.165, 1.54) is 4.90 Å². The topological polar surface area (TPSA) is 15.3 Å². The number of benzene rings is 2. The molecular weight excluding hydrogens is 499 g/mol. The molecule has 2 aromatic rings. The van der Waals surface area contributed by atoms with Crippen LogP contribution in [0.1, 0.15) is 53.6 Å². The number of aryl methyl sites for hydroxylation is 1. The third-order valence-electron chi connectivity index (χ3n) is 6.94. The van der Waals surface area contributed by atoms with E-state index in [9.17, 15) is 39.5 Å². The Labute approximate surface area is 201 Å². The summed E-state index contributed by atoms with van der Waals surface area (Å²) in [6.07, 6.45) is -14.8. The van der Waals surface area contributed by atoms with Crippen LogP contribution in [-0.4, -0.2) is 19.3 Å². The van der Waals surface area contributed by atoms with E-state index in [1.54, 1.807) is 18.2 Å². The lowest BCUT2D eigenvalue weighted by molar-refractivity contribution is -0.185. The van der Waals surface area contributed by atoms with E-state index in [4.69, 9.17) is 0 Å². The number of nitrogens with one attached hydrogen (secondary N) is 1. The van der Waals surface area contributed by atoms with Crippen LogP contribution in [0, 0.1) is 0 Å². The molecule has 36 heavy (non-hydrogen) atoms. The zero-order chi connectivity index (χ0) is 26.7. The van der Waals surface area contributed by atoms with E-state index >= 15 is 0 Å². The molecule has 2 nitrogen and oxygen atoms in total. The standard InChI is InChI=1S/C25H23F9N2/c1-14(2)35-21-6-3-15-9-19(4-5-20(15)21)36-8-7-22(13-36,25(32,33)34)16-10-17(23(26,27)28)12-18(11-16)24(29,30)31/h4-5,9-12,21,35H,1,3,6-8,13H2,2H3. The molecule has 1 N–H and O–H groups in total. The molecule has 1 saturated heterocycles. The zero-order valence-corrected chi connectivity index (χ0v) is 19.1. The van der Waals surface area contributed by atoms with Crippen LogP contribution < -0.4 is 10.2 Å². The molecule has 196 valence electrons. The van der Waals surface area contributed by atoms with Crippen LogP contribution in [0.4, 0.5) is 45.2 Å². The molecule has 1 heterocycles. The lowest BCUT2D eigenvalue weighted by Crippen LogP contribution is -2.45. The van der Waals surface area contributed by atoms with Gasteiger partial charge < -0.3 is 10.2 Å². The van der Waals surface area contributed by atoms with Crippen LogP contribution in [0.2, 0.25) is 0 Å². The molecule has 1 aliphatic carbocycles. The van der Waals surface area contributed by atoms with Gasteiger partial charge in [-0.05, 0) is 73.2 Å². The first-order valence-corrected chi connectivity index (χ1v) is 11.2. The highest BCUT2D eigenvalue weighted by Crippen LogP contribution is 2.51. The third-order valence-corrected chi connectivity index (χ3v) is 6.94. The summed E-state index contributed by atoms with van der Waals surface area (Å²) in [7, 11) is 0. The minimum Gasteiger partial charge on any atom is -0.382 e. The summed E-state index contributed by atoms with van der Waals surface area (Å²) in [5, 5.41) is 3.24. The second-order valence-electron chi connectivity index (χ2n) is 9.45. The van der Waals surface area contributed by atoms with Crippen molar-refractivity contribution in [2.45, 2.75) is 56.2 Å². The molecule has 0 aromatic heterocycles. The summed E-state index contributed by atoms with van der Waals surface area (Å²) in [6.45, 7) is 4.66. The van der Waals surface area contributed by atoms with Gasteiger partial charge in [0.1, 0.15) is 5.41 Å². The molecule has 1 fully saturated rings. The van der Waals surface area contributed by atoms with Crippen LogP contribution in [-0.2, 0) is 24.2 Å². The predicted octanol–water partition coefficient (Wildman–Crippen LogP) is 7.55. The van der Waals surface area contributed by atoms with Crippen molar-refractivity contribution in [2.75, 3.05) is 18.0 Å². The van der Waals surface area contributed by atoms with Crippen molar-refractivity contribution < 1.29 is 39.5 Å². The third kappa shape index (κ3) is 4.76. The van der Waals surface area contributed by atoms with E-state index in [1.807, 2.05) is 6.92 Å². The van der Waals surface area contributed by atoms with Crippen LogP contribution in [0.5, 0.6) is 0 Å². The van der Waals surface area contributed by atoms with E-state index in [2.05, 4.69) is 11.9 Å². The lowest BCUT2D eigenvalue weighted by Gasteiger charge is -2.33. The van der Waals surface area contributed by atoms with Crippen LogP contribution >= 0.6 is 0 Å². The zero-order valence-electron chi connectivity index (χ0n) is 19.1. The molecule has 11 heteroatoms. The number of hydrogen-bond acceptors (Lipinski definition) is 2. The average molecular weight is 522 g/mol. The number of allylic oxidation sites excluding steroid dienone is 1. The molecule has 0 radical (unpaired) electrons. The number of nitrogens with zero attached hydrogens (tertiary/aromatic N) is 1. The van der Waals surface area contributed by atoms with Crippen LogP contribution in [0.15, 0.2) is 48.7 Å². The molecule has 0 saturated carbocycles. The summed E-state index contributed by atoms with van der Waals surface area (Å²) in [5.41, 5.74) is -4.33. The molecule has 2 unspecified atom stereocenters. The molecule has 0 bridgehead atoms. The Morgan fingerprint density at radius 3 is 2.08 bits per heavy atom. The summed E-state index contributed by atoms with van der Waals surface area (Å²) in [5.74, 6) is 0. The molecule has 1 aliphatic heterocycles. The molecule has 2 aliphatic rings. The number of hydrogen-bond donors (Lipinski definition) is 1. The fraction of sp³-hybridized carbons (Fsp3) is 0.440. The molecule has 0 spiro atoms. The molecule has 2 aromatic carbocycles. The monoisotopic (exact) mass is 522 g/mol. The highest BCUT2D eigenvalue weighted by molar-refractivity contribution is 5.56. The van der Waals surface area contributed by atoms with Crippen molar-refractivity contribution in [3.05, 3.63) is 76.5 Å². The first-order valence-electron chi connectivity index (χ1n) is 11.2. The Hall–Kier alpha value is -2.85. The van der Waals surface area contributed by atoms with Gasteiger partial charge in [-0.25, -0.2) is 0 Å². The Morgan fingerprint density at radius 1 is 0.944 bits per heavy atom. The highest BCUT2D eigenvalue weighted by atomic mass is 19.4. The van der Waals surface area contributed by atoms with E-state index in [0.717, 1.165) is 23.2 Å². The van der Waals surface area contributed by atoms with Gasteiger partial charge in [-0.2, -0.15) is 39.5 Å². The number of alkyl halides is 9. The number of anilines is 1. The Bertz CT molecular complexity index is 1130. The van der Waals surface area contributed by atoms with Crippen LogP contribution in [0.25, 0.3) is 0 Å². The fourth-order valence-electron chi connectivity index (χ4n) is 5.14. The summed E-state index contributed by atoms with van der Waals surface area (Å²) >= 11 is 0. The minimum atomic E-state index is -5.24. The maximum atomic E-state index is 14.4. The lowest BCUT2D eigenvalue weighted by atomic mass is 9.77. The smallest absolute Gasteiger partial charge is 0.382 e. The van der Waals surface area contributed by atoms with Crippen molar-refractivity contribution in [3.8, 4) is 0 Å². The fourth-order valence-corrected chi connectivity index (χ4v) is 5.14. The first-order chi connectivity index (χ1) is 16.5. The second kappa shape index (κ2) is 8.62. The average Bonchev–Trinajstić information content (AvgIpc) is 3.37. The maximum absolute atomic E-state index is 14.4. The Balaban J connectivity index is 1.73. The SMILES string of the molecule is C=C(C)NC1CCc2cc(N3CCC(c4cc(C(F)(F)F)cc(C(F)(F)F)c4)(C(F)(F)F)C3)ccc21. The van der Waals surface area contributed by atoms with Gasteiger partial charge in [-0.15, -0.1) is 0 Å². The minimum absolute atomic E-state index is 0.0188. The van der Waals surface area contributed by atoms with Gasteiger partial charge >= 0.3 is 18.5 Å². The Morgan fingerprint density at radius 2 is 1.56 bits per heavy atom. The van der Waals surface area contributed by atoms with Crippen molar-refractivity contribution in [1.29, 1.82) is 0 Å². The number of fused-ring (bicyclic) bond motifs is 1. The van der Waals surface area contributed by atoms with Crippen molar-refractivity contribution in [2.24, 2.45) is 0 Å². The van der Waals surface area contributed by atoms with Gasteiger partial charge in [0.05, 0.1) is 17.2 Å². The Kier molecular flexibility index (Phi) is 6.28. The van der Waals surface area contributed by atoms with E-state index in [0.29, 0.717) is 12.1 Å². The molecule has 2 atom stereocenters. The summed E-state index contributed by atoms with van der Waals surface area (Å²) in [4.78, 5) is 1.38. The summed E-state index contributed by atoms with van der Waals surface area (Å²) in [6, 6.07) is 5.43. The van der Waals surface area contributed by atoms with Gasteiger partial charge in [0, 0.05) is 24.5 Å². The van der Waals surface area contributed by atoms with Crippen molar-refractivity contribution in [1.82, 2.24) is 5.32 Å². The van der Waals surface area contributed by atoms with E-state index < -0.39 is 53.6 Å².